The molecule has 1 heterocycles. The van der Waals surface area contributed by atoms with Crippen LogP contribution in [0, 0.1) is 11.8 Å². The summed E-state index contributed by atoms with van der Waals surface area (Å²) >= 11 is 3.43. The van der Waals surface area contributed by atoms with Crippen LogP contribution >= 0.6 is 15.9 Å². The highest BCUT2D eigenvalue weighted by Crippen LogP contribution is 2.40. The molecule has 3 unspecified atom stereocenters. The second kappa shape index (κ2) is 5.77. The van der Waals surface area contributed by atoms with E-state index in [2.05, 4.69) is 15.9 Å². The van der Waals surface area contributed by atoms with E-state index in [9.17, 15) is 9.59 Å². The van der Waals surface area contributed by atoms with Gasteiger partial charge in [0, 0.05) is 11.0 Å². The number of amides is 1. The fourth-order valence-electron chi connectivity index (χ4n) is 2.73. The number of carboxylic acids is 1. The van der Waals surface area contributed by atoms with Crippen molar-refractivity contribution in [3.05, 3.63) is 34.3 Å². The summed E-state index contributed by atoms with van der Waals surface area (Å²) in [5.41, 5.74) is 1.02. The van der Waals surface area contributed by atoms with Crippen molar-refractivity contribution >= 4 is 27.8 Å². The van der Waals surface area contributed by atoms with E-state index in [1.165, 1.54) is 0 Å². The molecule has 5 nitrogen and oxygen atoms in total. The quantitative estimate of drug-likeness (QED) is 0.903. The first-order valence-electron chi connectivity index (χ1n) is 6.95. The van der Waals surface area contributed by atoms with Crippen molar-refractivity contribution in [2.24, 2.45) is 11.8 Å². The number of hydrogen-bond donors (Lipinski definition) is 1. The summed E-state index contributed by atoms with van der Waals surface area (Å²) in [6.07, 6.45) is 0.315. The molecule has 0 radical (unpaired) electrons. The lowest BCUT2D eigenvalue weighted by Gasteiger charge is -2.33. The third kappa shape index (κ3) is 3.11. The molecule has 2 aliphatic rings. The Morgan fingerprint density at radius 2 is 2.14 bits per heavy atom. The highest BCUT2D eigenvalue weighted by molar-refractivity contribution is 9.10. The molecule has 6 heteroatoms. The predicted octanol–water partition coefficient (Wildman–Crippen LogP) is 2.07. The number of rotatable bonds is 3. The van der Waals surface area contributed by atoms with Crippen molar-refractivity contribution in [3.63, 3.8) is 0 Å². The fraction of sp³-hybridized carbons (Fsp3) is 0.467. The maximum atomic E-state index is 12.3. The van der Waals surface area contributed by atoms with Gasteiger partial charge in [0.15, 0.2) is 0 Å². The van der Waals surface area contributed by atoms with Crippen molar-refractivity contribution < 1.29 is 19.4 Å². The molecule has 1 aromatic carbocycles. The molecule has 2 fully saturated rings. The Labute approximate surface area is 131 Å². The number of hydrogen-bond acceptors (Lipinski definition) is 3. The molecule has 3 atom stereocenters. The predicted molar refractivity (Wildman–Crippen MR) is 78.6 cm³/mol. The first-order valence-corrected chi connectivity index (χ1v) is 7.74. The molecule has 0 aromatic heterocycles. The Morgan fingerprint density at radius 3 is 2.81 bits per heavy atom. The van der Waals surface area contributed by atoms with Gasteiger partial charge < -0.3 is 14.7 Å². The molecule has 1 saturated heterocycles. The third-order valence-electron chi connectivity index (χ3n) is 4.02. The molecule has 112 valence electrons. The molecule has 1 saturated carbocycles. The normalized spacial score (nSPS) is 28.2. The Kier molecular flexibility index (Phi) is 3.99. The summed E-state index contributed by atoms with van der Waals surface area (Å²) in [5, 5.41) is 8.93. The summed E-state index contributed by atoms with van der Waals surface area (Å²) in [4.78, 5) is 24.9. The largest absolute Gasteiger partial charge is 0.481 e. The van der Waals surface area contributed by atoms with Crippen molar-refractivity contribution in [3.8, 4) is 0 Å². The third-order valence-corrected chi connectivity index (χ3v) is 4.52. The highest BCUT2D eigenvalue weighted by Gasteiger charge is 2.50. The van der Waals surface area contributed by atoms with Gasteiger partial charge in [-0.3, -0.25) is 9.59 Å². The number of aliphatic carboxylic acids is 1. The lowest BCUT2D eigenvalue weighted by Crippen LogP contribution is -2.43. The minimum Gasteiger partial charge on any atom is -0.481 e. The number of nitrogens with zero attached hydrogens (tertiary/aromatic N) is 1. The van der Waals surface area contributed by atoms with Gasteiger partial charge in [-0.2, -0.15) is 0 Å². The molecule has 1 N–H and O–H groups in total. The molecule has 0 bridgehead atoms. The summed E-state index contributed by atoms with van der Waals surface area (Å²) in [6.45, 7) is 1.50. The average Bonchev–Trinajstić information content (AvgIpc) is 3.27. The van der Waals surface area contributed by atoms with Gasteiger partial charge in [-0.15, -0.1) is 0 Å². The summed E-state index contributed by atoms with van der Waals surface area (Å²) in [7, 11) is 0. The standard InChI is InChI=1S/C15H16BrNO4/c16-10-3-1-2-9(6-10)13-8-17(4-5-21-13)14(18)11-7-12(11)15(19)20/h1-3,6,11-13H,4-5,7-8H2,(H,19,20). The lowest BCUT2D eigenvalue weighted by molar-refractivity contribution is -0.145. The molecular weight excluding hydrogens is 338 g/mol. The van der Waals surface area contributed by atoms with Gasteiger partial charge in [0.05, 0.1) is 25.0 Å². The van der Waals surface area contributed by atoms with Crippen molar-refractivity contribution in [1.29, 1.82) is 0 Å². The molecule has 1 amide bonds. The molecule has 1 aromatic rings. The first kappa shape index (κ1) is 14.5. The maximum Gasteiger partial charge on any atom is 0.307 e. The number of halogens is 1. The molecule has 3 rings (SSSR count). The van der Waals surface area contributed by atoms with E-state index in [1.807, 2.05) is 24.3 Å². The topological polar surface area (TPSA) is 66.8 Å². The summed E-state index contributed by atoms with van der Waals surface area (Å²) < 4.78 is 6.72. The number of morpholine rings is 1. The zero-order chi connectivity index (χ0) is 15.0. The van der Waals surface area contributed by atoms with Crippen LogP contribution in [0.3, 0.4) is 0 Å². The SMILES string of the molecule is O=C(O)C1CC1C(=O)N1CCOC(c2cccc(Br)c2)C1. The number of benzene rings is 1. The van der Waals surface area contributed by atoms with Crippen LogP contribution in [0.4, 0.5) is 0 Å². The monoisotopic (exact) mass is 353 g/mol. The van der Waals surface area contributed by atoms with Gasteiger partial charge in [0.25, 0.3) is 0 Å². The Hall–Kier alpha value is -1.40. The van der Waals surface area contributed by atoms with E-state index in [0.29, 0.717) is 26.1 Å². The van der Waals surface area contributed by atoms with E-state index in [0.717, 1.165) is 10.0 Å². The Bertz CT molecular complexity index is 577. The van der Waals surface area contributed by atoms with Crippen molar-refractivity contribution in [2.75, 3.05) is 19.7 Å². The van der Waals surface area contributed by atoms with Crippen LogP contribution in [0.5, 0.6) is 0 Å². The van der Waals surface area contributed by atoms with E-state index < -0.39 is 11.9 Å². The van der Waals surface area contributed by atoms with Crippen LogP contribution in [0.2, 0.25) is 0 Å². The fourth-order valence-corrected chi connectivity index (χ4v) is 3.15. The van der Waals surface area contributed by atoms with Crippen LogP contribution in [0.1, 0.15) is 18.1 Å². The zero-order valence-corrected chi connectivity index (χ0v) is 13.0. The van der Waals surface area contributed by atoms with Crippen LogP contribution in [0.15, 0.2) is 28.7 Å². The molecule has 0 spiro atoms. The molecular formula is C15H16BrNO4. The second-order valence-corrected chi connectivity index (χ2v) is 6.40. The minimum atomic E-state index is -0.870. The van der Waals surface area contributed by atoms with Crippen LogP contribution < -0.4 is 0 Å². The maximum absolute atomic E-state index is 12.3. The van der Waals surface area contributed by atoms with Gasteiger partial charge in [0.1, 0.15) is 6.10 Å². The minimum absolute atomic E-state index is 0.0503. The van der Waals surface area contributed by atoms with E-state index in [1.54, 1.807) is 4.90 Å². The van der Waals surface area contributed by atoms with Crippen LogP contribution in [-0.2, 0) is 14.3 Å². The van der Waals surface area contributed by atoms with Crippen LogP contribution in [0.25, 0.3) is 0 Å². The molecule has 1 aliphatic carbocycles. The van der Waals surface area contributed by atoms with Crippen molar-refractivity contribution in [1.82, 2.24) is 4.90 Å². The van der Waals surface area contributed by atoms with E-state index in [4.69, 9.17) is 9.84 Å². The van der Waals surface area contributed by atoms with Gasteiger partial charge >= 0.3 is 5.97 Å². The summed E-state index contributed by atoms with van der Waals surface area (Å²) in [5.74, 6) is -1.76. The zero-order valence-electron chi connectivity index (χ0n) is 11.4. The Morgan fingerprint density at radius 1 is 1.33 bits per heavy atom. The number of carboxylic acid groups (broad SMARTS) is 1. The number of ether oxygens (including phenoxy) is 1. The average molecular weight is 354 g/mol. The summed E-state index contributed by atoms with van der Waals surface area (Å²) in [6, 6.07) is 7.83. The second-order valence-electron chi connectivity index (χ2n) is 5.49. The van der Waals surface area contributed by atoms with Gasteiger partial charge in [-0.25, -0.2) is 0 Å². The molecule has 1 aliphatic heterocycles. The first-order chi connectivity index (χ1) is 10.1. The van der Waals surface area contributed by atoms with Gasteiger partial charge in [-0.1, -0.05) is 28.1 Å². The van der Waals surface area contributed by atoms with E-state index >= 15 is 0 Å². The number of carbonyl (C=O) groups excluding carboxylic acids is 1. The van der Waals surface area contributed by atoms with Gasteiger partial charge in [-0.05, 0) is 24.1 Å². The smallest absolute Gasteiger partial charge is 0.307 e. The Balaban J connectivity index is 1.66. The molecule has 21 heavy (non-hydrogen) atoms. The number of carbonyl (C=O) groups is 2. The highest BCUT2D eigenvalue weighted by atomic mass is 79.9. The van der Waals surface area contributed by atoms with Crippen molar-refractivity contribution in [2.45, 2.75) is 12.5 Å². The van der Waals surface area contributed by atoms with Gasteiger partial charge in [0.2, 0.25) is 5.91 Å². The lowest BCUT2D eigenvalue weighted by atomic mass is 10.1. The van der Waals surface area contributed by atoms with Crippen LogP contribution in [-0.4, -0.2) is 41.6 Å². The van der Waals surface area contributed by atoms with E-state index in [-0.39, 0.29) is 17.9 Å².